The summed E-state index contributed by atoms with van der Waals surface area (Å²) >= 11 is 5.73. The van der Waals surface area contributed by atoms with Crippen molar-refractivity contribution in [1.82, 2.24) is 4.98 Å². The van der Waals surface area contributed by atoms with Crippen LogP contribution in [0.15, 0.2) is 42.6 Å². The SMILES string of the molecule is CCc1ccc(N2C[C@@H](C(=O)OCc3ccc(Cl)nc3)CC2=O)cc1. The first kappa shape index (κ1) is 17.4. The van der Waals surface area contributed by atoms with Crippen LogP contribution in [0.1, 0.15) is 24.5 Å². The molecular weight excluding hydrogens is 340 g/mol. The minimum Gasteiger partial charge on any atom is -0.460 e. The Morgan fingerprint density at radius 1 is 1.24 bits per heavy atom. The Bertz CT molecular complexity index is 759. The number of ether oxygens (including phenoxy) is 1. The molecule has 1 aliphatic rings. The Hall–Kier alpha value is -2.40. The van der Waals surface area contributed by atoms with Crippen LogP contribution in [0.4, 0.5) is 5.69 Å². The maximum absolute atomic E-state index is 12.3. The van der Waals surface area contributed by atoms with Crippen molar-refractivity contribution < 1.29 is 14.3 Å². The zero-order chi connectivity index (χ0) is 17.8. The van der Waals surface area contributed by atoms with Gasteiger partial charge in [-0.05, 0) is 30.2 Å². The van der Waals surface area contributed by atoms with Crippen molar-refractivity contribution in [3.8, 4) is 0 Å². The van der Waals surface area contributed by atoms with E-state index in [4.69, 9.17) is 16.3 Å². The lowest BCUT2D eigenvalue weighted by Gasteiger charge is -2.17. The summed E-state index contributed by atoms with van der Waals surface area (Å²) in [6.07, 6.45) is 2.69. The molecule has 0 unspecified atom stereocenters. The van der Waals surface area contributed by atoms with Crippen molar-refractivity contribution in [1.29, 1.82) is 0 Å². The Morgan fingerprint density at radius 2 is 1.96 bits per heavy atom. The monoisotopic (exact) mass is 358 g/mol. The minimum absolute atomic E-state index is 0.0561. The number of rotatable bonds is 5. The number of carbonyl (C=O) groups excluding carboxylic acids is 2. The average Bonchev–Trinajstić information content (AvgIpc) is 3.03. The van der Waals surface area contributed by atoms with Gasteiger partial charge < -0.3 is 9.64 Å². The van der Waals surface area contributed by atoms with E-state index in [1.807, 2.05) is 24.3 Å². The number of carbonyl (C=O) groups is 2. The van der Waals surface area contributed by atoms with Gasteiger partial charge in [0.2, 0.25) is 5.91 Å². The van der Waals surface area contributed by atoms with Crippen LogP contribution in [0.2, 0.25) is 5.15 Å². The molecule has 0 aliphatic carbocycles. The zero-order valence-corrected chi connectivity index (χ0v) is 14.7. The molecule has 1 aromatic carbocycles. The second kappa shape index (κ2) is 7.66. The minimum atomic E-state index is -0.446. The van der Waals surface area contributed by atoms with E-state index in [0.717, 1.165) is 17.7 Å². The molecule has 0 saturated carbocycles. The van der Waals surface area contributed by atoms with Crippen molar-refractivity contribution in [2.75, 3.05) is 11.4 Å². The van der Waals surface area contributed by atoms with Crippen LogP contribution >= 0.6 is 11.6 Å². The first-order chi connectivity index (χ1) is 12.1. The molecule has 2 heterocycles. The molecule has 1 saturated heterocycles. The summed E-state index contributed by atoms with van der Waals surface area (Å²) in [4.78, 5) is 30.1. The summed E-state index contributed by atoms with van der Waals surface area (Å²) in [5, 5.41) is 0.390. The number of aromatic nitrogens is 1. The topological polar surface area (TPSA) is 59.5 Å². The number of pyridine rings is 1. The number of amides is 1. The number of hydrogen-bond acceptors (Lipinski definition) is 4. The zero-order valence-electron chi connectivity index (χ0n) is 13.9. The summed E-state index contributed by atoms with van der Waals surface area (Å²) in [6.45, 7) is 2.55. The molecule has 3 rings (SSSR count). The molecule has 1 aliphatic heterocycles. The van der Waals surface area contributed by atoms with Crippen LogP contribution in [-0.2, 0) is 27.4 Å². The molecule has 2 aromatic rings. The molecular formula is C19H19ClN2O3. The van der Waals surface area contributed by atoms with Crippen molar-refractivity contribution in [2.24, 2.45) is 5.92 Å². The lowest BCUT2D eigenvalue weighted by atomic mass is 10.1. The first-order valence-corrected chi connectivity index (χ1v) is 8.61. The van der Waals surface area contributed by atoms with Gasteiger partial charge in [-0.25, -0.2) is 4.98 Å². The molecule has 1 fully saturated rings. The molecule has 1 atom stereocenters. The van der Waals surface area contributed by atoms with Crippen LogP contribution in [0, 0.1) is 5.92 Å². The fraction of sp³-hybridized carbons (Fsp3) is 0.316. The Kier molecular flexibility index (Phi) is 5.34. The highest BCUT2D eigenvalue weighted by Gasteiger charge is 2.36. The standard InChI is InChI=1S/C19H19ClN2O3/c1-2-13-3-6-16(7-4-13)22-11-15(9-18(22)23)19(24)25-12-14-5-8-17(20)21-10-14/h3-8,10,15H,2,9,11-12H2,1H3/t15-/m0/s1. The van der Waals surface area contributed by atoms with Crippen LogP contribution in [0.3, 0.4) is 0 Å². The normalized spacial score (nSPS) is 17.0. The summed E-state index contributed by atoms with van der Waals surface area (Å²) in [7, 11) is 0. The van der Waals surface area contributed by atoms with E-state index in [9.17, 15) is 9.59 Å². The molecule has 0 radical (unpaired) electrons. The van der Waals surface area contributed by atoms with Crippen LogP contribution in [0.25, 0.3) is 0 Å². The first-order valence-electron chi connectivity index (χ1n) is 8.23. The maximum Gasteiger partial charge on any atom is 0.311 e. The van der Waals surface area contributed by atoms with Crippen LogP contribution in [-0.4, -0.2) is 23.4 Å². The van der Waals surface area contributed by atoms with Crippen molar-refractivity contribution in [3.63, 3.8) is 0 Å². The van der Waals surface area contributed by atoms with Crippen molar-refractivity contribution >= 4 is 29.2 Å². The molecule has 0 N–H and O–H groups in total. The summed E-state index contributed by atoms with van der Waals surface area (Å²) in [5.41, 5.74) is 2.79. The number of halogens is 1. The van der Waals surface area contributed by atoms with Crippen molar-refractivity contribution in [2.45, 2.75) is 26.4 Å². The van der Waals surface area contributed by atoms with Crippen LogP contribution in [0.5, 0.6) is 0 Å². The summed E-state index contributed by atoms with van der Waals surface area (Å²) < 4.78 is 5.32. The van der Waals surface area contributed by atoms with Gasteiger partial charge in [-0.2, -0.15) is 0 Å². The fourth-order valence-corrected chi connectivity index (χ4v) is 2.90. The highest BCUT2D eigenvalue weighted by molar-refractivity contribution is 6.29. The summed E-state index contributed by atoms with van der Waals surface area (Å²) in [6, 6.07) is 11.2. The molecule has 1 amide bonds. The molecule has 6 heteroatoms. The fourth-order valence-electron chi connectivity index (χ4n) is 2.79. The summed E-state index contributed by atoms with van der Waals surface area (Å²) in [5.74, 6) is -0.867. The van der Waals surface area contributed by atoms with Gasteiger partial charge in [-0.15, -0.1) is 0 Å². The highest BCUT2D eigenvalue weighted by Crippen LogP contribution is 2.26. The van der Waals surface area contributed by atoms with E-state index in [1.165, 1.54) is 5.56 Å². The van der Waals surface area contributed by atoms with Gasteiger partial charge in [0.05, 0.1) is 5.92 Å². The van der Waals surface area contributed by atoms with E-state index in [1.54, 1.807) is 23.2 Å². The number of nitrogens with zero attached hydrogens (tertiary/aromatic N) is 2. The predicted octanol–water partition coefficient (Wildman–Crippen LogP) is 3.39. The quantitative estimate of drug-likeness (QED) is 0.607. The maximum atomic E-state index is 12.3. The lowest BCUT2D eigenvalue weighted by Crippen LogP contribution is -2.26. The smallest absolute Gasteiger partial charge is 0.311 e. The second-order valence-electron chi connectivity index (χ2n) is 6.02. The number of hydrogen-bond donors (Lipinski definition) is 0. The third-order valence-electron chi connectivity index (χ3n) is 4.28. The van der Waals surface area contributed by atoms with Gasteiger partial charge in [0.1, 0.15) is 11.8 Å². The number of anilines is 1. The Labute approximate surface area is 151 Å². The number of aryl methyl sites for hydroxylation is 1. The van der Waals surface area contributed by atoms with Gasteiger partial charge in [0.25, 0.3) is 0 Å². The van der Waals surface area contributed by atoms with Crippen molar-refractivity contribution in [3.05, 3.63) is 58.9 Å². The van der Waals surface area contributed by atoms with E-state index < -0.39 is 5.92 Å². The predicted molar refractivity (Wildman–Crippen MR) is 95.3 cm³/mol. The van der Waals surface area contributed by atoms with Gasteiger partial charge in [0.15, 0.2) is 0 Å². The van der Waals surface area contributed by atoms with E-state index in [0.29, 0.717) is 11.7 Å². The average molecular weight is 359 g/mol. The van der Waals surface area contributed by atoms with E-state index >= 15 is 0 Å². The van der Waals surface area contributed by atoms with Crippen LogP contribution < -0.4 is 4.90 Å². The third kappa shape index (κ3) is 4.17. The molecule has 25 heavy (non-hydrogen) atoms. The van der Waals surface area contributed by atoms with Gasteiger partial charge in [0, 0.05) is 30.4 Å². The highest BCUT2D eigenvalue weighted by atomic mass is 35.5. The van der Waals surface area contributed by atoms with Gasteiger partial charge in [-0.1, -0.05) is 36.7 Å². The molecule has 0 spiro atoms. The lowest BCUT2D eigenvalue weighted by molar-refractivity contribution is -0.149. The second-order valence-corrected chi connectivity index (χ2v) is 6.41. The van der Waals surface area contributed by atoms with Gasteiger partial charge in [-0.3, -0.25) is 9.59 Å². The Morgan fingerprint density at radius 3 is 2.60 bits per heavy atom. The third-order valence-corrected chi connectivity index (χ3v) is 4.51. The number of esters is 1. The Balaban J connectivity index is 1.59. The van der Waals surface area contributed by atoms with E-state index in [-0.39, 0.29) is 24.9 Å². The molecule has 1 aromatic heterocycles. The van der Waals surface area contributed by atoms with E-state index in [2.05, 4.69) is 11.9 Å². The molecule has 5 nitrogen and oxygen atoms in total. The molecule has 130 valence electrons. The molecule has 0 bridgehead atoms. The largest absolute Gasteiger partial charge is 0.460 e. The number of benzene rings is 1. The van der Waals surface area contributed by atoms with Gasteiger partial charge >= 0.3 is 5.97 Å².